The molecule has 2 nitrogen and oxygen atoms in total. The summed E-state index contributed by atoms with van der Waals surface area (Å²) in [7, 11) is 0. The first-order valence-electron chi connectivity index (χ1n) is 6.28. The average Bonchev–Trinajstić information content (AvgIpc) is 2.24. The molecule has 1 atom stereocenters. The van der Waals surface area contributed by atoms with E-state index in [4.69, 9.17) is 0 Å². The molecule has 0 radical (unpaired) electrons. The fraction of sp³-hybridized carbons (Fsp3) is 0.571. The Bertz CT molecular complexity index is 318. The topological polar surface area (TPSA) is 15.3 Å². The molecule has 88 valence electrons. The molecule has 0 aliphatic carbocycles. The largest absolute Gasteiger partial charge is 0.371 e. The Morgan fingerprint density at radius 3 is 2.75 bits per heavy atom. The number of hydrogen-bond acceptors (Lipinski definition) is 2. The summed E-state index contributed by atoms with van der Waals surface area (Å²) in [5.74, 6) is 0.724. The van der Waals surface area contributed by atoms with Crippen molar-refractivity contribution in [2.75, 3.05) is 31.1 Å². The van der Waals surface area contributed by atoms with Gasteiger partial charge in [0, 0.05) is 18.8 Å². The Morgan fingerprint density at radius 1 is 1.25 bits per heavy atom. The van der Waals surface area contributed by atoms with E-state index in [1.54, 1.807) is 0 Å². The molecule has 1 heterocycles. The maximum absolute atomic E-state index is 3.49. The van der Waals surface area contributed by atoms with Crippen molar-refractivity contribution in [3.63, 3.8) is 0 Å². The van der Waals surface area contributed by atoms with Crippen LogP contribution in [0, 0.1) is 12.8 Å². The van der Waals surface area contributed by atoms with E-state index < -0.39 is 0 Å². The first kappa shape index (κ1) is 11.5. The Labute approximate surface area is 98.7 Å². The molecule has 1 fully saturated rings. The van der Waals surface area contributed by atoms with Crippen LogP contribution in [0.4, 0.5) is 5.69 Å². The molecular weight excluding hydrogens is 196 g/mol. The van der Waals surface area contributed by atoms with E-state index in [1.807, 2.05) is 0 Å². The van der Waals surface area contributed by atoms with Crippen LogP contribution in [-0.2, 0) is 0 Å². The predicted octanol–water partition coefficient (Wildman–Crippen LogP) is 2.43. The van der Waals surface area contributed by atoms with Crippen LogP contribution in [0.2, 0.25) is 0 Å². The number of aryl methyl sites for hydroxylation is 1. The van der Waals surface area contributed by atoms with Crippen molar-refractivity contribution in [1.29, 1.82) is 0 Å². The fourth-order valence-electron chi connectivity index (χ4n) is 2.27. The van der Waals surface area contributed by atoms with Crippen LogP contribution < -0.4 is 10.2 Å². The van der Waals surface area contributed by atoms with Crippen molar-refractivity contribution in [2.45, 2.75) is 20.3 Å². The highest BCUT2D eigenvalue weighted by molar-refractivity contribution is 5.47. The molecule has 0 bridgehead atoms. The van der Waals surface area contributed by atoms with Gasteiger partial charge in [0.15, 0.2) is 0 Å². The normalized spacial score (nSPS) is 22.6. The molecule has 0 saturated carbocycles. The lowest BCUT2D eigenvalue weighted by atomic mass is 10.1. The summed E-state index contributed by atoms with van der Waals surface area (Å²) in [6.45, 7) is 9.08. The molecule has 1 unspecified atom stereocenters. The van der Waals surface area contributed by atoms with Crippen molar-refractivity contribution in [2.24, 2.45) is 5.92 Å². The third kappa shape index (κ3) is 2.99. The van der Waals surface area contributed by atoms with Gasteiger partial charge in [-0.25, -0.2) is 0 Å². The van der Waals surface area contributed by atoms with E-state index in [2.05, 4.69) is 48.3 Å². The monoisotopic (exact) mass is 218 g/mol. The van der Waals surface area contributed by atoms with Gasteiger partial charge < -0.3 is 10.2 Å². The van der Waals surface area contributed by atoms with Crippen molar-refractivity contribution < 1.29 is 0 Å². The van der Waals surface area contributed by atoms with Gasteiger partial charge in [-0.15, -0.1) is 0 Å². The maximum Gasteiger partial charge on any atom is 0.0366 e. The fourth-order valence-corrected chi connectivity index (χ4v) is 2.27. The molecule has 1 saturated heterocycles. The van der Waals surface area contributed by atoms with Gasteiger partial charge >= 0.3 is 0 Å². The van der Waals surface area contributed by atoms with Crippen LogP contribution in [0.5, 0.6) is 0 Å². The summed E-state index contributed by atoms with van der Waals surface area (Å²) >= 11 is 0. The number of rotatable bonds is 1. The lowest BCUT2D eigenvalue weighted by molar-refractivity contribution is 0.468. The van der Waals surface area contributed by atoms with E-state index in [0.717, 1.165) is 25.6 Å². The van der Waals surface area contributed by atoms with Crippen molar-refractivity contribution >= 4 is 5.69 Å². The van der Waals surface area contributed by atoms with Crippen LogP contribution in [0.25, 0.3) is 0 Å². The van der Waals surface area contributed by atoms with Crippen molar-refractivity contribution in [1.82, 2.24) is 5.32 Å². The minimum absolute atomic E-state index is 0.724. The SMILES string of the molecule is Cc1ccc(N2CCCNCC(C)C2)cc1. The zero-order valence-electron chi connectivity index (χ0n) is 10.4. The summed E-state index contributed by atoms with van der Waals surface area (Å²) in [5.41, 5.74) is 2.71. The third-order valence-electron chi connectivity index (χ3n) is 3.21. The number of benzene rings is 1. The second-order valence-corrected chi connectivity index (χ2v) is 4.94. The Morgan fingerprint density at radius 2 is 2.00 bits per heavy atom. The van der Waals surface area contributed by atoms with Crippen molar-refractivity contribution in [3.05, 3.63) is 29.8 Å². The van der Waals surface area contributed by atoms with Crippen LogP contribution in [-0.4, -0.2) is 26.2 Å². The van der Waals surface area contributed by atoms with Gasteiger partial charge in [0.1, 0.15) is 0 Å². The molecule has 1 aliphatic rings. The zero-order chi connectivity index (χ0) is 11.4. The van der Waals surface area contributed by atoms with Gasteiger partial charge in [-0.3, -0.25) is 0 Å². The van der Waals surface area contributed by atoms with E-state index in [0.29, 0.717) is 0 Å². The maximum atomic E-state index is 3.49. The molecule has 0 aromatic heterocycles. The average molecular weight is 218 g/mol. The zero-order valence-corrected chi connectivity index (χ0v) is 10.4. The Hall–Kier alpha value is -1.02. The first-order valence-corrected chi connectivity index (χ1v) is 6.28. The highest BCUT2D eigenvalue weighted by Crippen LogP contribution is 2.17. The summed E-state index contributed by atoms with van der Waals surface area (Å²) < 4.78 is 0. The van der Waals surface area contributed by atoms with Crippen molar-refractivity contribution in [3.8, 4) is 0 Å². The second-order valence-electron chi connectivity index (χ2n) is 4.94. The Balaban J connectivity index is 2.08. The number of hydrogen-bond donors (Lipinski definition) is 1. The van der Waals surface area contributed by atoms with Gasteiger partial charge in [-0.1, -0.05) is 24.6 Å². The van der Waals surface area contributed by atoms with Gasteiger partial charge in [-0.05, 0) is 44.5 Å². The highest BCUT2D eigenvalue weighted by atomic mass is 15.1. The van der Waals surface area contributed by atoms with E-state index in [9.17, 15) is 0 Å². The molecule has 2 rings (SSSR count). The summed E-state index contributed by atoms with van der Waals surface area (Å²) in [4.78, 5) is 2.52. The van der Waals surface area contributed by atoms with E-state index in [1.165, 1.54) is 24.2 Å². The lowest BCUT2D eigenvalue weighted by Crippen LogP contribution is -2.38. The minimum atomic E-state index is 0.724. The molecule has 1 N–H and O–H groups in total. The van der Waals surface area contributed by atoms with Gasteiger partial charge in [0.05, 0.1) is 0 Å². The van der Waals surface area contributed by atoms with Gasteiger partial charge in [0.25, 0.3) is 0 Å². The molecule has 0 spiro atoms. The highest BCUT2D eigenvalue weighted by Gasteiger charge is 2.13. The molecule has 2 heteroatoms. The number of nitrogens with one attached hydrogen (secondary N) is 1. The standard InChI is InChI=1S/C14H22N2/c1-12-4-6-14(7-5-12)16-9-3-8-15-10-13(2)11-16/h4-7,13,15H,3,8-11H2,1-2H3. The second kappa shape index (κ2) is 5.35. The summed E-state index contributed by atoms with van der Waals surface area (Å²) in [6, 6.07) is 8.90. The van der Waals surface area contributed by atoms with Crippen LogP contribution in [0.3, 0.4) is 0 Å². The van der Waals surface area contributed by atoms with Gasteiger partial charge in [-0.2, -0.15) is 0 Å². The van der Waals surface area contributed by atoms with E-state index >= 15 is 0 Å². The van der Waals surface area contributed by atoms with Crippen LogP contribution in [0.1, 0.15) is 18.9 Å². The molecule has 0 amide bonds. The Kier molecular flexibility index (Phi) is 3.83. The molecule has 1 aromatic rings. The number of nitrogens with zero attached hydrogens (tertiary/aromatic N) is 1. The molecule has 16 heavy (non-hydrogen) atoms. The molecule has 1 aliphatic heterocycles. The predicted molar refractivity (Wildman–Crippen MR) is 70.0 cm³/mol. The molecule has 1 aromatic carbocycles. The van der Waals surface area contributed by atoms with E-state index in [-0.39, 0.29) is 0 Å². The van der Waals surface area contributed by atoms with Crippen LogP contribution >= 0.6 is 0 Å². The third-order valence-corrected chi connectivity index (χ3v) is 3.21. The van der Waals surface area contributed by atoms with Gasteiger partial charge in [0.2, 0.25) is 0 Å². The quantitative estimate of drug-likeness (QED) is 0.779. The first-order chi connectivity index (χ1) is 7.75. The summed E-state index contributed by atoms with van der Waals surface area (Å²) in [6.07, 6.45) is 1.24. The minimum Gasteiger partial charge on any atom is -0.371 e. The molecular formula is C14H22N2. The van der Waals surface area contributed by atoms with Crippen LogP contribution in [0.15, 0.2) is 24.3 Å². The lowest BCUT2D eigenvalue weighted by Gasteiger charge is -2.30. The smallest absolute Gasteiger partial charge is 0.0366 e. The number of anilines is 1. The summed E-state index contributed by atoms with van der Waals surface area (Å²) in [5, 5.41) is 3.49.